The van der Waals surface area contributed by atoms with E-state index in [1.165, 1.54) is 0 Å². The summed E-state index contributed by atoms with van der Waals surface area (Å²) < 4.78 is 6.10. The molecule has 0 fully saturated rings. The number of aromatic hydroxyl groups is 3. The van der Waals surface area contributed by atoms with Gasteiger partial charge in [0.2, 0.25) is 0 Å². The highest BCUT2D eigenvalue weighted by molar-refractivity contribution is 5.79. The maximum Gasteiger partial charge on any atom is 0.172 e. The molecule has 5 nitrogen and oxygen atoms in total. The third-order valence-corrected chi connectivity index (χ3v) is 5.44. The monoisotopic (exact) mass is 441 g/mol. The van der Waals surface area contributed by atoms with E-state index in [1.54, 1.807) is 24.3 Å². The summed E-state index contributed by atoms with van der Waals surface area (Å²) in [6.45, 7) is 7.54. The number of ether oxygens (including phenoxy) is 1. The molecule has 168 valence electrons. The molecular formula is C28H27NO4. The number of hydrogen-bond donors (Lipinski definition) is 3. The number of phenols is 3. The highest BCUT2D eigenvalue weighted by Gasteiger charge is 2.17. The molecule has 4 aromatic rings. The normalized spacial score (nSPS) is 10.8. The van der Waals surface area contributed by atoms with E-state index < -0.39 is 0 Å². The van der Waals surface area contributed by atoms with E-state index in [9.17, 15) is 15.3 Å². The number of aryl methyl sites for hydroxylation is 4. The second kappa shape index (κ2) is 8.79. The van der Waals surface area contributed by atoms with Crippen molar-refractivity contribution in [1.29, 1.82) is 0 Å². The van der Waals surface area contributed by atoms with E-state index in [4.69, 9.17) is 4.74 Å². The lowest BCUT2D eigenvalue weighted by atomic mass is 10.1. The van der Waals surface area contributed by atoms with Gasteiger partial charge in [0.15, 0.2) is 11.5 Å². The van der Waals surface area contributed by atoms with Crippen LogP contribution in [0.3, 0.4) is 0 Å². The Bertz CT molecular complexity index is 1240. The van der Waals surface area contributed by atoms with Crippen LogP contribution in [0.2, 0.25) is 0 Å². The van der Waals surface area contributed by atoms with Gasteiger partial charge in [-0.25, -0.2) is 0 Å². The maximum absolute atomic E-state index is 10.5. The van der Waals surface area contributed by atoms with E-state index in [-0.39, 0.29) is 17.2 Å². The quantitative estimate of drug-likeness (QED) is 0.303. The number of anilines is 3. The number of nitrogens with zero attached hydrogens (tertiary/aromatic N) is 1. The molecule has 3 N–H and O–H groups in total. The van der Waals surface area contributed by atoms with E-state index in [1.807, 2.05) is 81.1 Å². The number of phenolic OH excluding ortho intramolecular Hbond substituents is 3. The Morgan fingerprint density at radius 2 is 1.18 bits per heavy atom. The Labute approximate surface area is 193 Å². The molecule has 0 spiro atoms. The molecule has 0 unspecified atom stereocenters. The first kappa shape index (κ1) is 22.1. The fourth-order valence-electron chi connectivity index (χ4n) is 3.89. The molecule has 0 aromatic heterocycles. The number of benzene rings is 4. The number of rotatable bonds is 5. The van der Waals surface area contributed by atoms with E-state index in [0.29, 0.717) is 11.5 Å². The van der Waals surface area contributed by atoms with Gasteiger partial charge in [0.05, 0.1) is 11.4 Å². The lowest BCUT2D eigenvalue weighted by Crippen LogP contribution is -2.10. The van der Waals surface area contributed by atoms with E-state index in [0.717, 1.165) is 39.3 Å². The smallest absolute Gasteiger partial charge is 0.172 e. The summed E-state index contributed by atoms with van der Waals surface area (Å²) in [4.78, 5) is 1.94. The van der Waals surface area contributed by atoms with E-state index in [2.05, 4.69) is 0 Å². The van der Waals surface area contributed by atoms with Crippen molar-refractivity contribution in [3.63, 3.8) is 0 Å². The Kier molecular flexibility index (Phi) is 5.88. The van der Waals surface area contributed by atoms with Gasteiger partial charge in [-0.05, 0) is 86.3 Å². The minimum atomic E-state index is 0.115. The van der Waals surface area contributed by atoms with Gasteiger partial charge in [0.25, 0.3) is 0 Å². The van der Waals surface area contributed by atoms with Crippen LogP contribution in [0, 0.1) is 27.7 Å². The molecule has 0 aliphatic heterocycles. The summed E-state index contributed by atoms with van der Waals surface area (Å²) in [6, 6.07) is 21.9. The summed E-state index contributed by atoms with van der Waals surface area (Å²) in [6.07, 6.45) is 0. The Morgan fingerprint density at radius 1 is 0.606 bits per heavy atom. The van der Waals surface area contributed by atoms with Crippen molar-refractivity contribution in [2.24, 2.45) is 0 Å². The maximum atomic E-state index is 10.5. The molecule has 0 saturated heterocycles. The topological polar surface area (TPSA) is 73.2 Å². The zero-order valence-electron chi connectivity index (χ0n) is 19.1. The van der Waals surface area contributed by atoms with Gasteiger partial charge in [-0.1, -0.05) is 18.2 Å². The summed E-state index contributed by atoms with van der Waals surface area (Å²) in [5.74, 6) is 1.39. The van der Waals surface area contributed by atoms with Crippen molar-refractivity contribution in [3.8, 4) is 28.7 Å². The van der Waals surface area contributed by atoms with Crippen LogP contribution in [0.25, 0.3) is 0 Å². The van der Waals surface area contributed by atoms with E-state index >= 15 is 0 Å². The van der Waals surface area contributed by atoms with Crippen LogP contribution in [0.15, 0.2) is 72.8 Å². The second-order valence-electron chi connectivity index (χ2n) is 8.37. The third kappa shape index (κ3) is 4.72. The fraction of sp³-hybridized carbons (Fsp3) is 0.143. The van der Waals surface area contributed by atoms with Crippen molar-refractivity contribution in [2.45, 2.75) is 27.7 Å². The van der Waals surface area contributed by atoms with Crippen molar-refractivity contribution >= 4 is 17.1 Å². The number of hydrogen-bond acceptors (Lipinski definition) is 5. The van der Waals surface area contributed by atoms with Gasteiger partial charge >= 0.3 is 0 Å². The summed E-state index contributed by atoms with van der Waals surface area (Å²) >= 11 is 0. The largest absolute Gasteiger partial charge is 0.508 e. The molecule has 0 heterocycles. The predicted molar refractivity (Wildman–Crippen MR) is 132 cm³/mol. The first-order chi connectivity index (χ1) is 15.7. The van der Waals surface area contributed by atoms with Gasteiger partial charge in [-0.15, -0.1) is 0 Å². The lowest BCUT2D eigenvalue weighted by Gasteiger charge is -2.27. The SMILES string of the molecule is Cc1cc(O)cc(N(c2cc(C)cc(O)c2)c2cccc(Oc3c(C)ccc(C)c3O)c2)c1. The Morgan fingerprint density at radius 3 is 1.76 bits per heavy atom. The first-order valence-electron chi connectivity index (χ1n) is 10.7. The van der Waals surface area contributed by atoms with Crippen molar-refractivity contribution in [1.82, 2.24) is 0 Å². The third-order valence-electron chi connectivity index (χ3n) is 5.44. The molecule has 5 heteroatoms. The average molecular weight is 442 g/mol. The van der Waals surface area contributed by atoms with Crippen LogP contribution in [0.5, 0.6) is 28.7 Å². The summed E-state index contributed by atoms with van der Waals surface area (Å²) in [7, 11) is 0. The van der Waals surface area contributed by atoms with Crippen molar-refractivity contribution in [2.75, 3.05) is 4.90 Å². The van der Waals surface area contributed by atoms with Gasteiger partial charge < -0.3 is 25.0 Å². The highest BCUT2D eigenvalue weighted by atomic mass is 16.5. The van der Waals surface area contributed by atoms with Crippen LogP contribution in [-0.4, -0.2) is 15.3 Å². The lowest BCUT2D eigenvalue weighted by molar-refractivity contribution is 0.406. The Hall–Kier alpha value is -4.12. The van der Waals surface area contributed by atoms with Crippen LogP contribution in [0.1, 0.15) is 22.3 Å². The van der Waals surface area contributed by atoms with Gasteiger partial charge in [0, 0.05) is 23.9 Å². The zero-order valence-corrected chi connectivity index (χ0v) is 19.1. The average Bonchev–Trinajstić information content (AvgIpc) is 2.73. The molecule has 33 heavy (non-hydrogen) atoms. The first-order valence-corrected chi connectivity index (χ1v) is 10.7. The fourth-order valence-corrected chi connectivity index (χ4v) is 3.89. The minimum Gasteiger partial charge on any atom is -0.508 e. The highest BCUT2D eigenvalue weighted by Crippen LogP contribution is 2.41. The second-order valence-corrected chi connectivity index (χ2v) is 8.37. The van der Waals surface area contributed by atoms with Gasteiger partial charge in [-0.2, -0.15) is 0 Å². The van der Waals surface area contributed by atoms with Crippen LogP contribution in [-0.2, 0) is 0 Å². The molecule has 0 aliphatic carbocycles. The van der Waals surface area contributed by atoms with Gasteiger partial charge in [0.1, 0.15) is 17.2 Å². The van der Waals surface area contributed by atoms with Crippen molar-refractivity contribution in [3.05, 3.63) is 95.1 Å². The summed E-state index contributed by atoms with van der Waals surface area (Å²) in [5, 5.41) is 31.0. The molecule has 4 rings (SSSR count). The molecule has 0 radical (unpaired) electrons. The van der Waals surface area contributed by atoms with Crippen LogP contribution < -0.4 is 9.64 Å². The van der Waals surface area contributed by atoms with Crippen molar-refractivity contribution < 1.29 is 20.1 Å². The molecular weight excluding hydrogens is 414 g/mol. The van der Waals surface area contributed by atoms with Gasteiger partial charge in [-0.3, -0.25) is 0 Å². The minimum absolute atomic E-state index is 0.115. The molecule has 0 bridgehead atoms. The van der Waals surface area contributed by atoms with Crippen LogP contribution >= 0.6 is 0 Å². The van der Waals surface area contributed by atoms with Crippen LogP contribution in [0.4, 0.5) is 17.1 Å². The zero-order chi connectivity index (χ0) is 23.7. The predicted octanol–water partition coefficient (Wildman–Crippen LogP) is 7.30. The molecule has 0 aliphatic rings. The molecule has 0 saturated carbocycles. The molecule has 0 atom stereocenters. The Balaban J connectivity index is 1.84. The molecule has 0 amide bonds. The molecule has 4 aromatic carbocycles. The standard InChI is InChI=1S/C28H27NO4/c1-17-10-22(14-24(30)12-17)29(23-11-18(2)13-25(31)15-23)21-6-5-7-26(16-21)33-28-20(4)9-8-19(3)27(28)32/h5-16,30-32H,1-4H3. The summed E-state index contributed by atoms with van der Waals surface area (Å²) in [5.41, 5.74) is 5.62.